The number of hydrogen-bond acceptors (Lipinski definition) is 2. The van der Waals surface area contributed by atoms with Gasteiger partial charge in [0.1, 0.15) is 5.75 Å². The standard InChI is InChI=1S/C15H20BrNO2/c1-3-8-17(10-11-4-5-11)15(18)13-7-6-12(16)9-14(13)19-2/h6-7,9,11H,3-5,8,10H2,1-2H3. The Bertz CT molecular complexity index is 457. The van der Waals surface area contributed by atoms with Crippen LogP contribution in [0.3, 0.4) is 0 Å². The molecule has 0 radical (unpaired) electrons. The smallest absolute Gasteiger partial charge is 0.257 e. The molecule has 0 aromatic heterocycles. The second-order valence-electron chi connectivity index (χ2n) is 5.04. The third kappa shape index (κ3) is 3.72. The predicted octanol–water partition coefficient (Wildman–Crippen LogP) is 3.72. The van der Waals surface area contributed by atoms with Gasteiger partial charge in [0, 0.05) is 17.6 Å². The first-order valence-electron chi connectivity index (χ1n) is 6.78. The van der Waals surface area contributed by atoms with E-state index in [1.807, 2.05) is 23.1 Å². The van der Waals surface area contributed by atoms with Crippen molar-refractivity contribution >= 4 is 21.8 Å². The lowest BCUT2D eigenvalue weighted by Gasteiger charge is -2.23. The van der Waals surface area contributed by atoms with Gasteiger partial charge >= 0.3 is 0 Å². The molecule has 0 spiro atoms. The predicted molar refractivity (Wildman–Crippen MR) is 79.6 cm³/mol. The zero-order chi connectivity index (χ0) is 13.8. The molecule has 4 heteroatoms. The van der Waals surface area contributed by atoms with Crippen molar-refractivity contribution in [3.8, 4) is 5.75 Å². The monoisotopic (exact) mass is 325 g/mol. The molecule has 1 aliphatic carbocycles. The van der Waals surface area contributed by atoms with E-state index in [-0.39, 0.29) is 5.91 Å². The number of amides is 1. The number of rotatable bonds is 6. The molecule has 0 unspecified atom stereocenters. The van der Waals surface area contributed by atoms with Gasteiger partial charge in [0.15, 0.2) is 0 Å². The van der Waals surface area contributed by atoms with Crippen molar-refractivity contribution in [3.05, 3.63) is 28.2 Å². The summed E-state index contributed by atoms with van der Waals surface area (Å²) in [4.78, 5) is 14.6. The lowest BCUT2D eigenvalue weighted by Crippen LogP contribution is -2.33. The van der Waals surface area contributed by atoms with E-state index >= 15 is 0 Å². The van der Waals surface area contributed by atoms with Crippen molar-refractivity contribution in [1.29, 1.82) is 0 Å². The summed E-state index contributed by atoms with van der Waals surface area (Å²) in [6.45, 7) is 3.80. The van der Waals surface area contributed by atoms with Gasteiger partial charge in [0.25, 0.3) is 5.91 Å². The largest absolute Gasteiger partial charge is 0.496 e. The van der Waals surface area contributed by atoms with E-state index in [1.54, 1.807) is 7.11 Å². The van der Waals surface area contributed by atoms with Gasteiger partial charge in [0.2, 0.25) is 0 Å². The maximum atomic E-state index is 12.6. The number of benzene rings is 1. The molecule has 19 heavy (non-hydrogen) atoms. The first-order chi connectivity index (χ1) is 9.15. The normalized spacial score (nSPS) is 14.3. The Morgan fingerprint density at radius 1 is 1.47 bits per heavy atom. The van der Waals surface area contributed by atoms with Crippen LogP contribution in [-0.2, 0) is 0 Å². The fourth-order valence-electron chi connectivity index (χ4n) is 2.17. The average molecular weight is 326 g/mol. The molecule has 1 saturated carbocycles. The zero-order valence-electron chi connectivity index (χ0n) is 11.5. The summed E-state index contributed by atoms with van der Waals surface area (Å²) < 4.78 is 6.24. The molecule has 0 bridgehead atoms. The zero-order valence-corrected chi connectivity index (χ0v) is 13.1. The van der Waals surface area contributed by atoms with Crippen LogP contribution in [0.2, 0.25) is 0 Å². The van der Waals surface area contributed by atoms with Gasteiger partial charge in [-0.05, 0) is 43.4 Å². The van der Waals surface area contributed by atoms with Gasteiger partial charge in [-0.15, -0.1) is 0 Å². The lowest BCUT2D eigenvalue weighted by molar-refractivity contribution is 0.0744. The van der Waals surface area contributed by atoms with Crippen molar-refractivity contribution < 1.29 is 9.53 Å². The highest BCUT2D eigenvalue weighted by molar-refractivity contribution is 9.10. The van der Waals surface area contributed by atoms with Gasteiger partial charge in [-0.1, -0.05) is 22.9 Å². The van der Waals surface area contributed by atoms with Crippen LogP contribution < -0.4 is 4.74 Å². The van der Waals surface area contributed by atoms with E-state index in [9.17, 15) is 4.79 Å². The summed E-state index contributed by atoms with van der Waals surface area (Å²) in [7, 11) is 1.60. The molecule has 104 valence electrons. The Morgan fingerprint density at radius 2 is 2.21 bits per heavy atom. The summed E-state index contributed by atoms with van der Waals surface area (Å²) in [5.41, 5.74) is 0.653. The van der Waals surface area contributed by atoms with Crippen LogP contribution in [-0.4, -0.2) is 31.0 Å². The maximum absolute atomic E-state index is 12.6. The number of ether oxygens (including phenoxy) is 1. The molecule has 1 aromatic carbocycles. The van der Waals surface area contributed by atoms with Crippen molar-refractivity contribution in [2.45, 2.75) is 26.2 Å². The molecule has 0 N–H and O–H groups in total. The first-order valence-corrected chi connectivity index (χ1v) is 7.57. The molecule has 1 amide bonds. The van der Waals surface area contributed by atoms with E-state index in [0.29, 0.717) is 17.2 Å². The van der Waals surface area contributed by atoms with Crippen LogP contribution in [0.5, 0.6) is 5.75 Å². The molecule has 0 atom stereocenters. The number of nitrogens with zero attached hydrogens (tertiary/aromatic N) is 1. The number of methoxy groups -OCH3 is 1. The second-order valence-corrected chi connectivity index (χ2v) is 5.95. The van der Waals surface area contributed by atoms with Gasteiger partial charge in [-0.25, -0.2) is 0 Å². The Morgan fingerprint density at radius 3 is 2.79 bits per heavy atom. The average Bonchev–Trinajstić information content (AvgIpc) is 3.21. The van der Waals surface area contributed by atoms with E-state index in [0.717, 1.165) is 24.0 Å². The first kappa shape index (κ1) is 14.4. The van der Waals surface area contributed by atoms with Crippen LogP contribution in [0.1, 0.15) is 36.5 Å². The minimum absolute atomic E-state index is 0.0816. The lowest BCUT2D eigenvalue weighted by atomic mass is 10.1. The topological polar surface area (TPSA) is 29.5 Å². The highest BCUT2D eigenvalue weighted by Gasteiger charge is 2.27. The number of carbonyl (C=O) groups is 1. The number of halogens is 1. The summed E-state index contributed by atoms with van der Waals surface area (Å²) in [6, 6.07) is 5.56. The molecule has 1 aliphatic rings. The molecular formula is C15H20BrNO2. The van der Waals surface area contributed by atoms with Crippen molar-refractivity contribution in [3.63, 3.8) is 0 Å². The fraction of sp³-hybridized carbons (Fsp3) is 0.533. The van der Waals surface area contributed by atoms with Crippen LogP contribution in [0.4, 0.5) is 0 Å². The SMILES string of the molecule is CCCN(CC1CC1)C(=O)c1ccc(Br)cc1OC. The van der Waals surface area contributed by atoms with E-state index in [2.05, 4.69) is 22.9 Å². The number of carbonyl (C=O) groups excluding carboxylic acids is 1. The quantitative estimate of drug-likeness (QED) is 0.797. The van der Waals surface area contributed by atoms with Crippen molar-refractivity contribution in [2.75, 3.05) is 20.2 Å². The molecule has 1 aromatic rings. The maximum Gasteiger partial charge on any atom is 0.257 e. The molecule has 0 aliphatic heterocycles. The molecule has 2 rings (SSSR count). The van der Waals surface area contributed by atoms with Gasteiger partial charge in [0.05, 0.1) is 12.7 Å². The third-order valence-electron chi connectivity index (χ3n) is 3.35. The second kappa shape index (κ2) is 6.42. The van der Waals surface area contributed by atoms with Crippen LogP contribution in [0.25, 0.3) is 0 Å². The van der Waals surface area contributed by atoms with Gasteiger partial charge in [-0.2, -0.15) is 0 Å². The minimum Gasteiger partial charge on any atom is -0.496 e. The highest BCUT2D eigenvalue weighted by Crippen LogP contribution is 2.31. The van der Waals surface area contributed by atoms with Gasteiger partial charge < -0.3 is 9.64 Å². The van der Waals surface area contributed by atoms with Gasteiger partial charge in [-0.3, -0.25) is 4.79 Å². The summed E-state index contributed by atoms with van der Waals surface area (Å²) in [5.74, 6) is 1.42. The molecular weight excluding hydrogens is 306 g/mol. The van der Waals surface area contributed by atoms with Crippen LogP contribution in [0, 0.1) is 5.92 Å². The molecule has 3 nitrogen and oxygen atoms in total. The summed E-state index contributed by atoms with van der Waals surface area (Å²) >= 11 is 3.40. The minimum atomic E-state index is 0.0816. The number of hydrogen-bond donors (Lipinski definition) is 0. The van der Waals surface area contributed by atoms with E-state index in [4.69, 9.17) is 4.74 Å². The van der Waals surface area contributed by atoms with E-state index < -0.39 is 0 Å². The molecule has 1 fully saturated rings. The van der Waals surface area contributed by atoms with Crippen LogP contribution >= 0.6 is 15.9 Å². The third-order valence-corrected chi connectivity index (χ3v) is 3.84. The van der Waals surface area contributed by atoms with Crippen molar-refractivity contribution in [1.82, 2.24) is 4.90 Å². The summed E-state index contributed by atoms with van der Waals surface area (Å²) in [5, 5.41) is 0. The van der Waals surface area contributed by atoms with Crippen molar-refractivity contribution in [2.24, 2.45) is 5.92 Å². The Kier molecular flexibility index (Phi) is 4.86. The molecule has 0 saturated heterocycles. The fourth-order valence-corrected chi connectivity index (χ4v) is 2.51. The van der Waals surface area contributed by atoms with E-state index in [1.165, 1.54) is 12.8 Å². The Hall–Kier alpha value is -1.03. The Balaban J connectivity index is 2.19. The molecule has 0 heterocycles. The Labute approximate surface area is 123 Å². The highest BCUT2D eigenvalue weighted by atomic mass is 79.9. The van der Waals surface area contributed by atoms with Crippen LogP contribution in [0.15, 0.2) is 22.7 Å². The summed E-state index contributed by atoms with van der Waals surface area (Å²) in [6.07, 6.45) is 3.49.